The molecule has 144 valence electrons. The molecule has 0 radical (unpaired) electrons. The van der Waals surface area contributed by atoms with Crippen molar-refractivity contribution in [3.8, 4) is 18.9 Å². The topological polar surface area (TPSA) is 0 Å². The van der Waals surface area contributed by atoms with Gasteiger partial charge in [0.15, 0.2) is 0 Å². The van der Waals surface area contributed by atoms with Crippen LogP contribution in [-0.2, 0) is 0 Å². The van der Waals surface area contributed by atoms with Gasteiger partial charge in [-0.15, -0.1) is 0 Å². The fraction of sp³-hybridized carbons (Fsp3) is 0.391. The summed E-state index contributed by atoms with van der Waals surface area (Å²) in [6, 6.07) is 9.17. The average Bonchev–Trinajstić information content (AvgIpc) is 3.40. The van der Waals surface area contributed by atoms with Gasteiger partial charge in [-0.1, -0.05) is 0 Å². The van der Waals surface area contributed by atoms with Crippen molar-refractivity contribution in [1.82, 2.24) is 0 Å². The van der Waals surface area contributed by atoms with Gasteiger partial charge in [0.25, 0.3) is 0 Å². The summed E-state index contributed by atoms with van der Waals surface area (Å²) in [5.41, 5.74) is 2.84. The van der Waals surface area contributed by atoms with E-state index in [4.69, 9.17) is 0 Å². The molecule has 0 atom stereocenters. The number of halogens is 1. The minimum absolute atomic E-state index is 0.308. The van der Waals surface area contributed by atoms with Crippen molar-refractivity contribution in [2.45, 2.75) is 58.3 Å². The molecular weight excluding hydrogens is 548 g/mol. The van der Waals surface area contributed by atoms with E-state index in [9.17, 15) is 0 Å². The zero-order valence-electron chi connectivity index (χ0n) is 15.9. The van der Waals surface area contributed by atoms with E-state index < -0.39 is 0 Å². The van der Waals surface area contributed by atoms with Gasteiger partial charge in [-0.05, 0) is 0 Å². The predicted octanol–water partition coefficient (Wildman–Crippen LogP) is 9.12. The third-order valence-electron chi connectivity index (χ3n) is 4.79. The van der Waals surface area contributed by atoms with Crippen molar-refractivity contribution in [2.75, 3.05) is 0 Å². The monoisotopic (exact) mass is 576 g/mol. The summed E-state index contributed by atoms with van der Waals surface area (Å²) in [5.74, 6) is 0. The van der Waals surface area contributed by atoms with E-state index in [1.165, 1.54) is 76.7 Å². The van der Waals surface area contributed by atoms with Crippen molar-refractivity contribution in [3.63, 3.8) is 0 Å². The zero-order valence-corrected chi connectivity index (χ0v) is 21.5. The van der Waals surface area contributed by atoms with E-state index in [-0.39, 0.29) is 20.4 Å². The number of hydrogen-bond acceptors (Lipinski definition) is 2. The van der Waals surface area contributed by atoms with Crippen LogP contribution in [-0.4, -0.2) is 20.4 Å². The molecule has 0 amide bonds. The van der Waals surface area contributed by atoms with E-state index in [0.717, 1.165) is 0 Å². The number of unbranched alkanes of at least 4 members (excludes halogenated alkanes) is 6. The maximum atomic E-state index is 4.41. The third kappa shape index (κ3) is 5.94. The summed E-state index contributed by atoms with van der Waals surface area (Å²) in [4.78, 5) is 2.78. The molecule has 0 nitrogen and oxygen atoms in total. The van der Waals surface area contributed by atoms with Crippen molar-refractivity contribution < 1.29 is 0 Å². The van der Waals surface area contributed by atoms with Crippen LogP contribution >= 0.6 is 38.6 Å². The number of rotatable bonds is 11. The molecule has 0 spiro atoms. The van der Waals surface area contributed by atoms with Gasteiger partial charge in [-0.25, -0.2) is 0 Å². The molecule has 0 fully saturated rings. The summed E-state index contributed by atoms with van der Waals surface area (Å²) >= 11 is 7.08. The Kier molecular flexibility index (Phi) is 8.94. The molecule has 0 unspecified atom stereocenters. The first kappa shape index (κ1) is 21.6. The Morgan fingerprint density at radius 1 is 0.926 bits per heavy atom. The van der Waals surface area contributed by atoms with Crippen LogP contribution in [0.1, 0.15) is 61.9 Å². The Labute approximate surface area is 190 Å². The first-order valence-electron chi connectivity index (χ1n) is 9.80. The standard InChI is InChI=1S/C23H27BrS2Te/c1-3-4-5-6-7-8-9-10-17(2)20-11-12-21(27-20)18-13-15-25-22(18)23-19(24)14-16-26-23/h11-16H,2-10H2,1H3. The first-order chi connectivity index (χ1) is 13.2. The van der Waals surface area contributed by atoms with Gasteiger partial charge in [0.1, 0.15) is 0 Å². The fourth-order valence-electron chi connectivity index (χ4n) is 3.23. The van der Waals surface area contributed by atoms with E-state index >= 15 is 0 Å². The molecule has 3 aromatic heterocycles. The number of allylic oxidation sites excluding steroid dienone is 1. The van der Waals surface area contributed by atoms with E-state index in [1.54, 1.807) is 7.16 Å². The van der Waals surface area contributed by atoms with Crippen molar-refractivity contribution in [2.24, 2.45) is 0 Å². The molecule has 27 heavy (non-hydrogen) atoms. The predicted molar refractivity (Wildman–Crippen MR) is 129 cm³/mol. The van der Waals surface area contributed by atoms with Crippen molar-refractivity contribution in [3.05, 3.63) is 49.7 Å². The Bertz CT molecular complexity index is 855. The zero-order chi connectivity index (χ0) is 19.1. The van der Waals surface area contributed by atoms with Crippen LogP contribution < -0.4 is 0 Å². The molecule has 0 aliphatic rings. The molecule has 0 aliphatic heterocycles. The van der Waals surface area contributed by atoms with Gasteiger partial charge in [-0.3, -0.25) is 0 Å². The first-order valence-corrected chi connectivity index (χ1v) is 14.7. The fourth-order valence-corrected chi connectivity index (χ4v) is 9.19. The maximum absolute atomic E-state index is 4.41. The third-order valence-corrected chi connectivity index (χ3v) is 11.2. The summed E-state index contributed by atoms with van der Waals surface area (Å²) in [6.07, 6.45) is 10.8. The normalized spacial score (nSPS) is 11.2. The molecule has 4 heteroatoms. The SMILES string of the molecule is C=C(CCCCCCCCC)c1ccc(-c2ccsc2-c2sccc2Br)[te]1. The minimum atomic E-state index is -0.308. The van der Waals surface area contributed by atoms with Crippen molar-refractivity contribution in [1.29, 1.82) is 0 Å². The average molecular weight is 575 g/mol. The van der Waals surface area contributed by atoms with Gasteiger partial charge >= 0.3 is 191 Å². The van der Waals surface area contributed by atoms with Crippen LogP contribution in [0.3, 0.4) is 0 Å². The van der Waals surface area contributed by atoms with Crippen LogP contribution in [0.25, 0.3) is 24.5 Å². The number of hydrogen-bond donors (Lipinski definition) is 0. The van der Waals surface area contributed by atoms with E-state index in [2.05, 4.69) is 64.5 Å². The Morgan fingerprint density at radius 2 is 1.63 bits per heavy atom. The van der Waals surface area contributed by atoms with Crippen LogP contribution in [0.5, 0.6) is 0 Å². The Morgan fingerprint density at radius 3 is 2.37 bits per heavy atom. The molecule has 0 aliphatic carbocycles. The Balaban J connectivity index is 1.57. The molecule has 0 bridgehead atoms. The van der Waals surface area contributed by atoms with Gasteiger partial charge in [0.2, 0.25) is 0 Å². The molecule has 3 aromatic rings. The van der Waals surface area contributed by atoms with E-state index in [0.29, 0.717) is 0 Å². The van der Waals surface area contributed by atoms with Crippen LogP contribution in [0.15, 0.2) is 46.1 Å². The summed E-state index contributed by atoms with van der Waals surface area (Å²) in [7, 11) is 0. The molecule has 0 saturated heterocycles. The van der Waals surface area contributed by atoms with Gasteiger partial charge < -0.3 is 0 Å². The summed E-state index contributed by atoms with van der Waals surface area (Å²) in [5, 5.41) is 4.40. The quantitative estimate of drug-likeness (QED) is 0.158. The molecular formula is C23H27BrS2Te. The molecule has 0 N–H and O–H groups in total. The Hall–Kier alpha value is -0.110. The van der Waals surface area contributed by atoms with E-state index in [1.807, 2.05) is 22.7 Å². The molecule has 3 heterocycles. The second kappa shape index (κ2) is 11.2. The van der Waals surface area contributed by atoms with Crippen LogP contribution in [0.2, 0.25) is 0 Å². The van der Waals surface area contributed by atoms with Gasteiger partial charge in [-0.2, -0.15) is 0 Å². The van der Waals surface area contributed by atoms with Crippen molar-refractivity contribution >= 4 is 64.6 Å². The molecule has 3 rings (SSSR count). The second-order valence-electron chi connectivity index (χ2n) is 6.90. The van der Waals surface area contributed by atoms with Gasteiger partial charge in [0, 0.05) is 0 Å². The van der Waals surface area contributed by atoms with Crippen LogP contribution in [0.4, 0.5) is 0 Å². The van der Waals surface area contributed by atoms with Gasteiger partial charge in [0.05, 0.1) is 0 Å². The summed E-state index contributed by atoms with van der Waals surface area (Å²) < 4.78 is 4.34. The number of thiophene rings is 2. The molecule has 0 saturated carbocycles. The molecule has 0 aromatic carbocycles. The van der Waals surface area contributed by atoms with Crippen LogP contribution in [0, 0.1) is 0 Å². The second-order valence-corrected chi connectivity index (χ2v) is 12.7. The summed E-state index contributed by atoms with van der Waals surface area (Å²) in [6.45, 7) is 6.70.